The molecule has 2 rings (SSSR count). The molecule has 0 radical (unpaired) electrons. The Bertz CT molecular complexity index is 691. The third-order valence-electron chi connectivity index (χ3n) is 3.58. The van der Waals surface area contributed by atoms with Crippen LogP contribution in [0.15, 0.2) is 48.5 Å². The number of nitrogens with one attached hydrogen (secondary N) is 2. The van der Waals surface area contributed by atoms with Crippen molar-refractivity contribution in [2.24, 2.45) is 0 Å². The molecule has 2 N–H and O–H groups in total. The second-order valence-electron chi connectivity index (χ2n) is 5.90. The highest BCUT2D eigenvalue weighted by Crippen LogP contribution is 2.14. The lowest BCUT2D eigenvalue weighted by atomic mass is 10.0. The van der Waals surface area contributed by atoms with Crippen molar-refractivity contribution < 1.29 is 9.59 Å². The van der Waals surface area contributed by atoms with E-state index in [2.05, 4.69) is 24.5 Å². The molecule has 0 aliphatic heterocycles. The molecule has 2 amide bonds. The molecule has 0 spiro atoms. The average molecular weight is 310 g/mol. The molecule has 0 unspecified atom stereocenters. The maximum absolute atomic E-state index is 11.9. The first-order valence-electron chi connectivity index (χ1n) is 7.70. The van der Waals surface area contributed by atoms with E-state index in [1.54, 1.807) is 6.07 Å². The average Bonchev–Trinajstić information content (AvgIpc) is 2.53. The van der Waals surface area contributed by atoms with E-state index < -0.39 is 11.8 Å². The summed E-state index contributed by atoms with van der Waals surface area (Å²) in [4.78, 5) is 23.7. The molecule has 0 aromatic heterocycles. The van der Waals surface area contributed by atoms with Gasteiger partial charge in [0.05, 0.1) is 0 Å². The maximum Gasteiger partial charge on any atom is 0.313 e. The highest BCUT2D eigenvalue weighted by Gasteiger charge is 2.13. The van der Waals surface area contributed by atoms with E-state index in [9.17, 15) is 9.59 Å². The van der Waals surface area contributed by atoms with Crippen LogP contribution in [0.3, 0.4) is 0 Å². The molecule has 23 heavy (non-hydrogen) atoms. The topological polar surface area (TPSA) is 58.2 Å². The zero-order valence-electron chi connectivity index (χ0n) is 13.7. The molecule has 0 aliphatic carbocycles. The first-order chi connectivity index (χ1) is 11.0. The SMILES string of the molecule is Cc1cccc(NC(=O)C(=O)NCc2ccc(C(C)C)cc2)c1. The van der Waals surface area contributed by atoms with E-state index in [0.717, 1.165) is 11.1 Å². The molecule has 2 aromatic rings. The fourth-order valence-corrected chi connectivity index (χ4v) is 2.19. The summed E-state index contributed by atoms with van der Waals surface area (Å²) in [7, 11) is 0. The third kappa shape index (κ3) is 4.95. The largest absolute Gasteiger partial charge is 0.344 e. The van der Waals surface area contributed by atoms with Gasteiger partial charge in [-0.15, -0.1) is 0 Å². The molecule has 2 aromatic carbocycles. The number of anilines is 1. The van der Waals surface area contributed by atoms with Gasteiger partial charge in [0.1, 0.15) is 0 Å². The Morgan fingerprint density at radius 1 is 1.00 bits per heavy atom. The molecule has 0 aliphatic rings. The van der Waals surface area contributed by atoms with Crippen LogP contribution in [-0.2, 0) is 16.1 Å². The second-order valence-corrected chi connectivity index (χ2v) is 5.90. The lowest BCUT2D eigenvalue weighted by Gasteiger charge is -2.09. The molecular weight excluding hydrogens is 288 g/mol. The van der Waals surface area contributed by atoms with Crippen LogP contribution in [0.1, 0.15) is 36.5 Å². The van der Waals surface area contributed by atoms with Crippen LogP contribution < -0.4 is 10.6 Å². The van der Waals surface area contributed by atoms with Gasteiger partial charge in [-0.2, -0.15) is 0 Å². The van der Waals surface area contributed by atoms with Crippen molar-refractivity contribution in [3.63, 3.8) is 0 Å². The summed E-state index contributed by atoms with van der Waals surface area (Å²) in [5.41, 5.74) is 3.85. The number of hydrogen-bond donors (Lipinski definition) is 2. The number of carbonyl (C=O) groups excluding carboxylic acids is 2. The van der Waals surface area contributed by atoms with Gasteiger partial charge in [0, 0.05) is 12.2 Å². The minimum absolute atomic E-state index is 0.332. The molecule has 0 fully saturated rings. The van der Waals surface area contributed by atoms with E-state index in [4.69, 9.17) is 0 Å². The summed E-state index contributed by atoms with van der Waals surface area (Å²) in [5, 5.41) is 5.22. The van der Waals surface area contributed by atoms with Crippen LogP contribution in [0.25, 0.3) is 0 Å². The zero-order chi connectivity index (χ0) is 16.8. The Balaban J connectivity index is 1.87. The van der Waals surface area contributed by atoms with Crippen LogP contribution in [0.4, 0.5) is 5.69 Å². The quantitative estimate of drug-likeness (QED) is 0.851. The first kappa shape index (κ1) is 16.7. The van der Waals surface area contributed by atoms with Gasteiger partial charge in [-0.05, 0) is 41.7 Å². The van der Waals surface area contributed by atoms with Crippen molar-refractivity contribution in [1.82, 2.24) is 5.32 Å². The van der Waals surface area contributed by atoms with E-state index in [1.165, 1.54) is 5.56 Å². The smallest absolute Gasteiger partial charge is 0.313 e. The molecule has 0 atom stereocenters. The predicted octanol–water partition coefficient (Wildman–Crippen LogP) is 3.37. The van der Waals surface area contributed by atoms with E-state index in [-0.39, 0.29) is 0 Å². The molecule has 0 saturated heterocycles. The summed E-state index contributed by atoms with van der Waals surface area (Å²) >= 11 is 0. The molecular formula is C19H22N2O2. The number of aryl methyl sites for hydroxylation is 1. The lowest BCUT2D eigenvalue weighted by Crippen LogP contribution is -2.34. The fourth-order valence-electron chi connectivity index (χ4n) is 2.19. The number of benzene rings is 2. The Morgan fingerprint density at radius 2 is 1.70 bits per heavy atom. The highest BCUT2D eigenvalue weighted by molar-refractivity contribution is 6.39. The van der Waals surface area contributed by atoms with Gasteiger partial charge in [0.15, 0.2) is 0 Å². The Labute approximate surface area is 136 Å². The molecule has 0 saturated carbocycles. The zero-order valence-corrected chi connectivity index (χ0v) is 13.7. The van der Waals surface area contributed by atoms with Crippen molar-refractivity contribution in [1.29, 1.82) is 0 Å². The van der Waals surface area contributed by atoms with Gasteiger partial charge in [-0.3, -0.25) is 9.59 Å². The standard InChI is InChI=1S/C19H22N2O2/c1-13(2)16-9-7-15(8-10-16)12-20-18(22)19(23)21-17-6-4-5-14(3)11-17/h4-11,13H,12H2,1-3H3,(H,20,22)(H,21,23). The molecule has 4 nitrogen and oxygen atoms in total. The maximum atomic E-state index is 11.9. The predicted molar refractivity (Wildman–Crippen MR) is 92.2 cm³/mol. The number of amides is 2. The molecule has 0 bridgehead atoms. The van der Waals surface area contributed by atoms with Crippen LogP contribution in [-0.4, -0.2) is 11.8 Å². The normalized spacial score (nSPS) is 10.4. The summed E-state index contributed by atoms with van der Waals surface area (Å²) < 4.78 is 0. The van der Waals surface area contributed by atoms with Gasteiger partial charge >= 0.3 is 11.8 Å². The van der Waals surface area contributed by atoms with Crippen molar-refractivity contribution in [2.75, 3.05) is 5.32 Å². The summed E-state index contributed by atoms with van der Waals surface area (Å²) in [6.45, 7) is 6.52. The fraction of sp³-hybridized carbons (Fsp3) is 0.263. The van der Waals surface area contributed by atoms with Crippen LogP contribution >= 0.6 is 0 Å². The minimum atomic E-state index is -0.658. The first-order valence-corrected chi connectivity index (χ1v) is 7.70. The summed E-state index contributed by atoms with van der Waals surface area (Å²) in [5.74, 6) is -0.826. The van der Waals surface area contributed by atoms with Crippen LogP contribution in [0.2, 0.25) is 0 Å². The van der Waals surface area contributed by atoms with Gasteiger partial charge in [-0.1, -0.05) is 50.2 Å². The number of carbonyl (C=O) groups is 2. The molecule has 0 heterocycles. The van der Waals surface area contributed by atoms with Crippen molar-refractivity contribution in [3.05, 3.63) is 65.2 Å². The van der Waals surface area contributed by atoms with E-state index in [0.29, 0.717) is 18.2 Å². The molecule has 120 valence electrons. The van der Waals surface area contributed by atoms with Crippen LogP contribution in [0.5, 0.6) is 0 Å². The summed E-state index contributed by atoms with van der Waals surface area (Å²) in [6.07, 6.45) is 0. The monoisotopic (exact) mass is 310 g/mol. The van der Waals surface area contributed by atoms with Gasteiger partial charge in [-0.25, -0.2) is 0 Å². The highest BCUT2D eigenvalue weighted by atomic mass is 16.2. The Morgan fingerprint density at radius 3 is 2.30 bits per heavy atom. The van der Waals surface area contributed by atoms with Gasteiger partial charge in [0.25, 0.3) is 0 Å². The van der Waals surface area contributed by atoms with Gasteiger partial charge < -0.3 is 10.6 Å². The second kappa shape index (κ2) is 7.58. The van der Waals surface area contributed by atoms with Crippen molar-refractivity contribution in [2.45, 2.75) is 33.2 Å². The van der Waals surface area contributed by atoms with Crippen LogP contribution in [0, 0.1) is 6.92 Å². The number of rotatable bonds is 4. The lowest BCUT2D eigenvalue weighted by molar-refractivity contribution is -0.136. The van der Waals surface area contributed by atoms with E-state index in [1.807, 2.05) is 49.4 Å². The van der Waals surface area contributed by atoms with Crippen molar-refractivity contribution in [3.8, 4) is 0 Å². The minimum Gasteiger partial charge on any atom is -0.344 e. The van der Waals surface area contributed by atoms with Crippen molar-refractivity contribution >= 4 is 17.5 Å². The Hall–Kier alpha value is -2.62. The summed E-state index contributed by atoms with van der Waals surface area (Å²) in [6, 6.07) is 15.3. The number of hydrogen-bond acceptors (Lipinski definition) is 2. The van der Waals surface area contributed by atoms with Gasteiger partial charge in [0.2, 0.25) is 0 Å². The third-order valence-corrected chi connectivity index (χ3v) is 3.58. The molecule has 4 heteroatoms. The van der Waals surface area contributed by atoms with E-state index >= 15 is 0 Å². The Kier molecular flexibility index (Phi) is 5.52.